The lowest BCUT2D eigenvalue weighted by molar-refractivity contribution is -0.130. The molecule has 1 rings (SSSR count). The molecule has 5 nitrogen and oxygen atoms in total. The number of rotatable bonds is 5. The summed E-state index contributed by atoms with van der Waals surface area (Å²) in [6, 6.07) is 0. The molecule has 0 aromatic carbocycles. The van der Waals surface area contributed by atoms with Gasteiger partial charge in [0.1, 0.15) is 0 Å². The molecule has 0 aromatic rings. The first kappa shape index (κ1) is 12.4. The number of ether oxygens (including phenoxy) is 1. The predicted octanol–water partition coefficient (Wildman–Crippen LogP) is -0.874. The van der Waals surface area contributed by atoms with Crippen molar-refractivity contribution in [3.05, 3.63) is 0 Å². The summed E-state index contributed by atoms with van der Waals surface area (Å²) in [7, 11) is 1.86. The van der Waals surface area contributed by atoms with Gasteiger partial charge in [-0.2, -0.15) is 0 Å². The first-order valence-electron chi connectivity index (χ1n) is 5.48. The molecule has 1 aliphatic heterocycles. The smallest absolute Gasteiger partial charge is 0.236 e. The highest BCUT2D eigenvalue weighted by atomic mass is 16.5. The fraction of sp³-hybridized carbons (Fsp3) is 0.900. The monoisotopic (exact) mass is 215 g/mol. The highest BCUT2D eigenvalue weighted by molar-refractivity contribution is 5.78. The Morgan fingerprint density at radius 1 is 1.40 bits per heavy atom. The van der Waals surface area contributed by atoms with Crippen molar-refractivity contribution < 1.29 is 9.53 Å². The van der Waals surface area contributed by atoms with Crippen LogP contribution in [-0.4, -0.2) is 68.7 Å². The van der Waals surface area contributed by atoms with Crippen LogP contribution in [0.2, 0.25) is 0 Å². The highest BCUT2D eigenvalue weighted by Gasteiger charge is 2.17. The normalized spacial score (nSPS) is 19.3. The summed E-state index contributed by atoms with van der Waals surface area (Å²) in [6.45, 7) is 4.99. The third kappa shape index (κ3) is 4.59. The Bertz CT molecular complexity index is 199. The van der Waals surface area contributed by atoms with Crippen molar-refractivity contribution in [2.24, 2.45) is 5.73 Å². The van der Waals surface area contributed by atoms with Gasteiger partial charge in [0.25, 0.3) is 0 Å². The SMILES string of the molecule is CN1CCCN(CCOCCN)CC1=O. The first-order valence-corrected chi connectivity index (χ1v) is 5.48. The van der Waals surface area contributed by atoms with E-state index in [0.29, 0.717) is 26.3 Å². The van der Waals surface area contributed by atoms with Crippen molar-refractivity contribution in [3.63, 3.8) is 0 Å². The van der Waals surface area contributed by atoms with Gasteiger partial charge in [0.2, 0.25) is 5.91 Å². The topological polar surface area (TPSA) is 58.8 Å². The molecule has 0 spiro atoms. The van der Waals surface area contributed by atoms with Gasteiger partial charge in [-0.05, 0) is 6.42 Å². The Morgan fingerprint density at radius 3 is 2.93 bits per heavy atom. The molecule has 1 fully saturated rings. The summed E-state index contributed by atoms with van der Waals surface area (Å²) < 4.78 is 5.30. The third-order valence-corrected chi connectivity index (χ3v) is 2.57. The Morgan fingerprint density at radius 2 is 2.20 bits per heavy atom. The molecule has 1 aliphatic rings. The summed E-state index contributed by atoms with van der Waals surface area (Å²) in [5.41, 5.74) is 5.31. The molecule has 0 aliphatic carbocycles. The van der Waals surface area contributed by atoms with Crippen molar-refractivity contribution in [2.45, 2.75) is 6.42 Å². The number of hydrogen-bond acceptors (Lipinski definition) is 4. The Hall–Kier alpha value is -0.650. The summed E-state index contributed by atoms with van der Waals surface area (Å²) >= 11 is 0. The van der Waals surface area contributed by atoms with Crippen molar-refractivity contribution in [2.75, 3.05) is 53.0 Å². The lowest BCUT2D eigenvalue weighted by Crippen LogP contribution is -2.36. The maximum absolute atomic E-state index is 11.5. The van der Waals surface area contributed by atoms with E-state index in [0.717, 1.165) is 26.1 Å². The molecular formula is C10H21N3O2. The van der Waals surface area contributed by atoms with E-state index in [1.165, 1.54) is 0 Å². The van der Waals surface area contributed by atoms with Crippen molar-refractivity contribution >= 4 is 5.91 Å². The minimum Gasteiger partial charge on any atom is -0.379 e. The zero-order valence-electron chi connectivity index (χ0n) is 9.45. The number of likely N-dealkylation sites (N-methyl/N-ethyl adjacent to an activating group) is 1. The van der Waals surface area contributed by atoms with E-state index in [1.807, 2.05) is 7.05 Å². The number of nitrogens with zero attached hydrogens (tertiary/aromatic N) is 2. The second-order valence-corrected chi connectivity index (χ2v) is 3.85. The Balaban J connectivity index is 2.20. The van der Waals surface area contributed by atoms with Gasteiger partial charge in [0.15, 0.2) is 0 Å². The molecule has 0 saturated carbocycles. The average Bonchev–Trinajstić information content (AvgIpc) is 2.37. The van der Waals surface area contributed by atoms with E-state index in [-0.39, 0.29) is 5.91 Å². The molecule has 0 radical (unpaired) electrons. The highest BCUT2D eigenvalue weighted by Crippen LogP contribution is 2.01. The van der Waals surface area contributed by atoms with Crippen LogP contribution in [0.3, 0.4) is 0 Å². The van der Waals surface area contributed by atoms with Crippen LogP contribution >= 0.6 is 0 Å². The lowest BCUT2D eigenvalue weighted by atomic mass is 10.4. The second-order valence-electron chi connectivity index (χ2n) is 3.85. The van der Waals surface area contributed by atoms with Crippen LogP contribution in [0.5, 0.6) is 0 Å². The van der Waals surface area contributed by atoms with Gasteiger partial charge in [0.05, 0.1) is 19.8 Å². The molecule has 0 atom stereocenters. The molecule has 1 saturated heterocycles. The number of amides is 1. The standard InChI is InChI=1S/C10H21N3O2/c1-12-4-2-5-13(9-10(12)14)6-8-15-7-3-11/h2-9,11H2,1H3. The molecule has 1 amide bonds. The zero-order valence-corrected chi connectivity index (χ0v) is 9.45. The molecule has 5 heteroatoms. The average molecular weight is 215 g/mol. The molecule has 0 unspecified atom stereocenters. The van der Waals surface area contributed by atoms with E-state index < -0.39 is 0 Å². The molecule has 2 N–H and O–H groups in total. The van der Waals surface area contributed by atoms with E-state index in [2.05, 4.69) is 4.90 Å². The van der Waals surface area contributed by atoms with Crippen LogP contribution in [0.25, 0.3) is 0 Å². The molecule has 0 aromatic heterocycles. The van der Waals surface area contributed by atoms with Gasteiger partial charge in [0, 0.05) is 33.2 Å². The molecular weight excluding hydrogens is 194 g/mol. The molecule has 15 heavy (non-hydrogen) atoms. The molecule has 1 heterocycles. The van der Waals surface area contributed by atoms with Crippen LogP contribution in [0.1, 0.15) is 6.42 Å². The summed E-state index contributed by atoms with van der Waals surface area (Å²) in [6.07, 6.45) is 1.04. The van der Waals surface area contributed by atoms with Gasteiger partial charge in [-0.25, -0.2) is 0 Å². The maximum atomic E-state index is 11.5. The van der Waals surface area contributed by atoms with E-state index >= 15 is 0 Å². The molecule has 0 bridgehead atoms. The second kappa shape index (κ2) is 6.76. The molecule has 88 valence electrons. The maximum Gasteiger partial charge on any atom is 0.236 e. The quantitative estimate of drug-likeness (QED) is 0.605. The van der Waals surface area contributed by atoms with Crippen molar-refractivity contribution in [1.29, 1.82) is 0 Å². The lowest BCUT2D eigenvalue weighted by Gasteiger charge is -2.18. The van der Waals surface area contributed by atoms with E-state index in [4.69, 9.17) is 10.5 Å². The van der Waals surface area contributed by atoms with Gasteiger partial charge in [-0.1, -0.05) is 0 Å². The fourth-order valence-electron chi connectivity index (χ4n) is 1.62. The summed E-state index contributed by atoms with van der Waals surface area (Å²) in [5.74, 6) is 0.200. The number of carbonyl (C=O) groups excluding carboxylic acids is 1. The number of nitrogens with two attached hydrogens (primary N) is 1. The van der Waals surface area contributed by atoms with Crippen LogP contribution < -0.4 is 5.73 Å². The van der Waals surface area contributed by atoms with E-state index in [1.54, 1.807) is 4.90 Å². The predicted molar refractivity (Wildman–Crippen MR) is 58.6 cm³/mol. The minimum atomic E-state index is 0.200. The van der Waals surface area contributed by atoms with Crippen LogP contribution in [0, 0.1) is 0 Å². The Kier molecular flexibility index (Phi) is 5.60. The number of carbonyl (C=O) groups is 1. The van der Waals surface area contributed by atoms with Gasteiger partial charge in [-0.15, -0.1) is 0 Å². The number of hydrogen-bond donors (Lipinski definition) is 1. The van der Waals surface area contributed by atoms with Crippen molar-refractivity contribution in [1.82, 2.24) is 9.80 Å². The summed E-state index contributed by atoms with van der Waals surface area (Å²) in [4.78, 5) is 15.5. The zero-order chi connectivity index (χ0) is 11.1. The summed E-state index contributed by atoms with van der Waals surface area (Å²) in [5, 5.41) is 0. The Labute approximate surface area is 91.2 Å². The first-order chi connectivity index (χ1) is 7.24. The third-order valence-electron chi connectivity index (χ3n) is 2.57. The van der Waals surface area contributed by atoms with Crippen molar-refractivity contribution in [3.8, 4) is 0 Å². The van der Waals surface area contributed by atoms with Gasteiger partial charge < -0.3 is 15.4 Å². The van der Waals surface area contributed by atoms with Crippen LogP contribution in [-0.2, 0) is 9.53 Å². The van der Waals surface area contributed by atoms with Gasteiger partial charge >= 0.3 is 0 Å². The van der Waals surface area contributed by atoms with E-state index in [9.17, 15) is 4.79 Å². The van der Waals surface area contributed by atoms with Crippen LogP contribution in [0.15, 0.2) is 0 Å². The van der Waals surface area contributed by atoms with Gasteiger partial charge in [-0.3, -0.25) is 9.69 Å². The fourth-order valence-corrected chi connectivity index (χ4v) is 1.62. The van der Waals surface area contributed by atoms with Crippen LogP contribution in [0.4, 0.5) is 0 Å². The largest absolute Gasteiger partial charge is 0.379 e. The minimum absolute atomic E-state index is 0.200.